The summed E-state index contributed by atoms with van der Waals surface area (Å²) in [7, 11) is 0. The summed E-state index contributed by atoms with van der Waals surface area (Å²) in [5, 5.41) is 0. The van der Waals surface area contributed by atoms with Gasteiger partial charge in [-0.3, -0.25) is 0 Å². The van der Waals surface area contributed by atoms with Gasteiger partial charge in [0.15, 0.2) is 5.82 Å². The van der Waals surface area contributed by atoms with Crippen molar-refractivity contribution >= 4 is 11.6 Å². The standard InChI is InChI=1S/C14H14ClFN2/c1-3-13-10(7-15)8-17-14(18-13)12-5-4-11(16)6-9(12)2/h4-6,8H,3,7H2,1-2H3. The molecule has 4 heteroatoms. The molecular weight excluding hydrogens is 251 g/mol. The lowest BCUT2D eigenvalue weighted by Gasteiger charge is -2.08. The molecule has 18 heavy (non-hydrogen) atoms. The molecule has 0 aliphatic rings. The first-order valence-corrected chi connectivity index (χ1v) is 6.36. The zero-order chi connectivity index (χ0) is 13.1. The Morgan fingerprint density at radius 3 is 2.72 bits per heavy atom. The zero-order valence-electron chi connectivity index (χ0n) is 10.4. The first-order chi connectivity index (χ1) is 8.65. The van der Waals surface area contributed by atoms with E-state index in [0.717, 1.165) is 28.8 Å². The van der Waals surface area contributed by atoms with Crippen molar-refractivity contribution in [1.29, 1.82) is 0 Å². The van der Waals surface area contributed by atoms with Gasteiger partial charge in [0.25, 0.3) is 0 Å². The predicted octanol–water partition coefficient (Wildman–Crippen LogP) is 3.89. The maximum atomic E-state index is 13.1. The van der Waals surface area contributed by atoms with E-state index < -0.39 is 0 Å². The molecule has 0 atom stereocenters. The summed E-state index contributed by atoms with van der Waals surface area (Å²) in [6.07, 6.45) is 2.55. The molecule has 2 aromatic rings. The summed E-state index contributed by atoms with van der Waals surface area (Å²) in [5.41, 5.74) is 3.57. The number of hydrogen-bond acceptors (Lipinski definition) is 2. The third kappa shape index (κ3) is 2.51. The molecule has 0 unspecified atom stereocenters. The smallest absolute Gasteiger partial charge is 0.159 e. The summed E-state index contributed by atoms with van der Waals surface area (Å²) >= 11 is 5.83. The Morgan fingerprint density at radius 2 is 2.11 bits per heavy atom. The fraction of sp³-hybridized carbons (Fsp3) is 0.286. The highest BCUT2D eigenvalue weighted by Gasteiger charge is 2.09. The van der Waals surface area contributed by atoms with E-state index in [1.54, 1.807) is 12.3 Å². The Balaban J connectivity index is 2.51. The molecule has 2 nitrogen and oxygen atoms in total. The maximum Gasteiger partial charge on any atom is 0.159 e. The van der Waals surface area contributed by atoms with Crippen LogP contribution in [0.2, 0.25) is 0 Å². The van der Waals surface area contributed by atoms with Gasteiger partial charge in [0.2, 0.25) is 0 Å². The fourth-order valence-corrected chi connectivity index (χ4v) is 2.09. The van der Waals surface area contributed by atoms with E-state index in [-0.39, 0.29) is 5.82 Å². The van der Waals surface area contributed by atoms with Gasteiger partial charge in [0, 0.05) is 23.0 Å². The molecule has 0 saturated heterocycles. The van der Waals surface area contributed by atoms with Crippen molar-refractivity contribution in [2.45, 2.75) is 26.1 Å². The molecule has 0 fully saturated rings. The molecule has 0 N–H and O–H groups in total. The van der Waals surface area contributed by atoms with Gasteiger partial charge in [0.1, 0.15) is 5.82 Å². The van der Waals surface area contributed by atoms with Crippen LogP contribution in [0.3, 0.4) is 0 Å². The number of nitrogens with zero attached hydrogens (tertiary/aromatic N) is 2. The molecule has 1 heterocycles. The summed E-state index contributed by atoms with van der Waals surface area (Å²) in [5.74, 6) is 0.786. The first-order valence-electron chi connectivity index (χ1n) is 5.83. The normalized spacial score (nSPS) is 10.7. The van der Waals surface area contributed by atoms with Gasteiger partial charge >= 0.3 is 0 Å². The summed E-state index contributed by atoms with van der Waals surface area (Å²) in [6, 6.07) is 4.62. The predicted molar refractivity (Wildman–Crippen MR) is 71.1 cm³/mol. The average Bonchev–Trinajstić information content (AvgIpc) is 2.38. The number of halogens is 2. The topological polar surface area (TPSA) is 25.8 Å². The first kappa shape index (κ1) is 13.0. The van der Waals surface area contributed by atoms with Gasteiger partial charge in [-0.1, -0.05) is 6.92 Å². The third-order valence-electron chi connectivity index (χ3n) is 2.86. The molecule has 0 radical (unpaired) electrons. The highest BCUT2D eigenvalue weighted by molar-refractivity contribution is 6.17. The van der Waals surface area contributed by atoms with Gasteiger partial charge in [-0.05, 0) is 37.1 Å². The minimum Gasteiger partial charge on any atom is -0.236 e. The minimum atomic E-state index is -0.246. The van der Waals surface area contributed by atoms with Crippen molar-refractivity contribution in [3.8, 4) is 11.4 Å². The molecule has 0 saturated carbocycles. The Kier molecular flexibility index (Phi) is 3.92. The van der Waals surface area contributed by atoms with Crippen molar-refractivity contribution in [3.63, 3.8) is 0 Å². The lowest BCUT2D eigenvalue weighted by molar-refractivity contribution is 0.627. The zero-order valence-corrected chi connectivity index (χ0v) is 11.1. The van der Waals surface area contributed by atoms with E-state index >= 15 is 0 Å². The minimum absolute atomic E-state index is 0.246. The molecule has 94 valence electrons. The monoisotopic (exact) mass is 264 g/mol. The Morgan fingerprint density at radius 1 is 1.33 bits per heavy atom. The van der Waals surface area contributed by atoms with Crippen LogP contribution < -0.4 is 0 Å². The van der Waals surface area contributed by atoms with Crippen LogP contribution in [-0.2, 0) is 12.3 Å². The quantitative estimate of drug-likeness (QED) is 0.786. The van der Waals surface area contributed by atoms with Crippen LogP contribution in [0.4, 0.5) is 4.39 Å². The Hall–Kier alpha value is -1.48. The van der Waals surface area contributed by atoms with E-state index in [0.29, 0.717) is 11.7 Å². The van der Waals surface area contributed by atoms with Crippen molar-refractivity contribution < 1.29 is 4.39 Å². The molecule has 0 aliphatic heterocycles. The highest BCUT2D eigenvalue weighted by atomic mass is 35.5. The van der Waals surface area contributed by atoms with Gasteiger partial charge in [-0.15, -0.1) is 11.6 Å². The van der Waals surface area contributed by atoms with E-state index in [1.165, 1.54) is 12.1 Å². The van der Waals surface area contributed by atoms with Gasteiger partial charge in [-0.2, -0.15) is 0 Å². The molecule has 2 rings (SSSR count). The van der Waals surface area contributed by atoms with Crippen molar-refractivity contribution in [3.05, 3.63) is 47.0 Å². The van der Waals surface area contributed by atoms with Gasteiger partial charge < -0.3 is 0 Å². The lowest BCUT2D eigenvalue weighted by Crippen LogP contribution is -2.00. The van der Waals surface area contributed by atoms with Gasteiger partial charge in [-0.25, -0.2) is 14.4 Å². The third-order valence-corrected chi connectivity index (χ3v) is 3.15. The number of aryl methyl sites for hydroxylation is 2. The van der Waals surface area contributed by atoms with Crippen molar-refractivity contribution in [2.24, 2.45) is 0 Å². The van der Waals surface area contributed by atoms with Crippen molar-refractivity contribution in [2.75, 3.05) is 0 Å². The molecular formula is C14H14ClFN2. The number of hydrogen-bond donors (Lipinski definition) is 0. The Labute approximate surface area is 111 Å². The van der Waals surface area contributed by atoms with Crippen molar-refractivity contribution in [1.82, 2.24) is 9.97 Å². The largest absolute Gasteiger partial charge is 0.236 e. The second kappa shape index (κ2) is 5.44. The highest BCUT2D eigenvalue weighted by Crippen LogP contribution is 2.22. The molecule has 1 aromatic carbocycles. The fourth-order valence-electron chi connectivity index (χ4n) is 1.87. The number of rotatable bonds is 3. The number of alkyl halides is 1. The lowest BCUT2D eigenvalue weighted by atomic mass is 10.1. The average molecular weight is 265 g/mol. The van der Waals surface area contributed by atoms with Crippen LogP contribution in [0.25, 0.3) is 11.4 Å². The van der Waals surface area contributed by atoms with Crippen LogP contribution in [0.5, 0.6) is 0 Å². The van der Waals surface area contributed by atoms with Gasteiger partial charge in [0.05, 0.1) is 5.88 Å². The summed E-state index contributed by atoms with van der Waals surface area (Å²) in [6.45, 7) is 3.88. The molecule has 0 amide bonds. The second-order valence-corrected chi connectivity index (χ2v) is 4.38. The molecule has 0 spiro atoms. The maximum absolute atomic E-state index is 13.1. The summed E-state index contributed by atoms with van der Waals surface area (Å²) in [4.78, 5) is 8.81. The summed E-state index contributed by atoms with van der Waals surface area (Å²) < 4.78 is 13.1. The molecule has 1 aromatic heterocycles. The number of aromatic nitrogens is 2. The van der Waals surface area contributed by atoms with Crippen LogP contribution in [0.15, 0.2) is 24.4 Å². The van der Waals surface area contributed by atoms with E-state index in [4.69, 9.17) is 11.6 Å². The van der Waals surface area contributed by atoms with Crippen LogP contribution in [0, 0.1) is 12.7 Å². The molecule has 0 bridgehead atoms. The second-order valence-electron chi connectivity index (χ2n) is 4.11. The number of benzene rings is 1. The van der Waals surface area contributed by atoms with E-state index in [1.807, 2.05) is 13.8 Å². The van der Waals surface area contributed by atoms with Crippen LogP contribution >= 0.6 is 11.6 Å². The molecule has 0 aliphatic carbocycles. The van der Waals surface area contributed by atoms with E-state index in [9.17, 15) is 4.39 Å². The van der Waals surface area contributed by atoms with E-state index in [2.05, 4.69) is 9.97 Å². The van der Waals surface area contributed by atoms with Crippen LogP contribution in [-0.4, -0.2) is 9.97 Å². The Bertz CT molecular complexity index is 570. The SMILES string of the molecule is CCc1nc(-c2ccc(F)cc2C)ncc1CCl. The van der Waals surface area contributed by atoms with Crippen LogP contribution in [0.1, 0.15) is 23.7 Å².